The summed E-state index contributed by atoms with van der Waals surface area (Å²) in [6.45, 7) is 3.16. The first-order valence-electron chi connectivity index (χ1n) is 9.58. The molecule has 140 valence electrons. The zero-order valence-electron chi connectivity index (χ0n) is 15.8. The molecular weight excluding hydrogens is 338 g/mol. The molecule has 0 bridgehead atoms. The molecule has 1 aliphatic rings. The van der Waals surface area contributed by atoms with Crippen molar-refractivity contribution in [3.63, 3.8) is 0 Å². The number of para-hydroxylation sites is 1. The van der Waals surface area contributed by atoms with Crippen LogP contribution in [0, 0.1) is 0 Å². The van der Waals surface area contributed by atoms with Crippen LogP contribution in [0.5, 0.6) is 5.75 Å². The summed E-state index contributed by atoms with van der Waals surface area (Å²) in [5, 5.41) is 0.621. The van der Waals surface area contributed by atoms with Gasteiger partial charge in [0.1, 0.15) is 5.75 Å². The maximum absolute atomic E-state index is 13.1. The molecule has 0 radical (unpaired) electrons. The van der Waals surface area contributed by atoms with Crippen LogP contribution in [-0.2, 0) is 0 Å². The first-order chi connectivity index (χ1) is 13.2. The lowest BCUT2D eigenvalue weighted by Crippen LogP contribution is -2.44. The molecule has 5 heteroatoms. The summed E-state index contributed by atoms with van der Waals surface area (Å²) in [7, 11) is 1.61. The molecule has 0 spiro atoms. The normalized spacial score (nSPS) is 20.0. The van der Waals surface area contributed by atoms with Gasteiger partial charge in [-0.15, -0.1) is 0 Å². The van der Waals surface area contributed by atoms with Gasteiger partial charge < -0.3 is 9.64 Å². The molecule has 1 saturated heterocycles. The van der Waals surface area contributed by atoms with E-state index in [0.717, 1.165) is 25.8 Å². The lowest BCUT2D eigenvalue weighted by molar-refractivity contribution is 0.325. The summed E-state index contributed by atoms with van der Waals surface area (Å²) in [6, 6.07) is 16.6. The van der Waals surface area contributed by atoms with E-state index in [0.29, 0.717) is 22.7 Å². The molecule has 0 amide bonds. The van der Waals surface area contributed by atoms with Crippen LogP contribution in [0.15, 0.2) is 59.7 Å². The lowest BCUT2D eigenvalue weighted by Gasteiger charge is -2.41. The molecule has 2 unspecified atom stereocenters. The molecule has 0 N–H and O–H groups in total. The van der Waals surface area contributed by atoms with Crippen molar-refractivity contribution in [3.8, 4) is 5.75 Å². The van der Waals surface area contributed by atoms with Gasteiger partial charge in [0.2, 0.25) is 0 Å². The number of anilines is 1. The third-order valence-corrected chi connectivity index (χ3v) is 5.63. The monoisotopic (exact) mass is 363 g/mol. The van der Waals surface area contributed by atoms with Crippen molar-refractivity contribution in [2.75, 3.05) is 18.6 Å². The smallest absolute Gasteiger partial charge is 0.261 e. The lowest BCUT2D eigenvalue weighted by atomic mass is 9.94. The number of ether oxygens (including phenoxy) is 1. The van der Waals surface area contributed by atoms with Crippen LogP contribution in [0.4, 0.5) is 5.69 Å². The Hall–Kier alpha value is -2.82. The van der Waals surface area contributed by atoms with Gasteiger partial charge in [-0.3, -0.25) is 9.36 Å². The number of hydrogen-bond acceptors (Lipinski definition) is 4. The molecule has 2 heterocycles. The highest BCUT2D eigenvalue weighted by Gasteiger charge is 2.29. The average Bonchev–Trinajstić information content (AvgIpc) is 2.74. The molecular formula is C22H25N3O2. The fraction of sp³-hybridized carbons (Fsp3) is 0.364. The SMILES string of the molecule is CCC1CC(n2cnc3ccc(OC)cc3c2=O)CCN1c1ccccc1. The summed E-state index contributed by atoms with van der Waals surface area (Å²) >= 11 is 0. The van der Waals surface area contributed by atoms with Gasteiger partial charge in [0.15, 0.2) is 0 Å². The quantitative estimate of drug-likeness (QED) is 0.702. The highest BCUT2D eigenvalue weighted by molar-refractivity contribution is 5.78. The van der Waals surface area contributed by atoms with Gasteiger partial charge >= 0.3 is 0 Å². The molecule has 4 rings (SSSR count). The maximum Gasteiger partial charge on any atom is 0.261 e. The van der Waals surface area contributed by atoms with E-state index in [1.54, 1.807) is 19.5 Å². The number of rotatable bonds is 4. The molecule has 1 aromatic heterocycles. The van der Waals surface area contributed by atoms with Crippen molar-refractivity contribution in [2.24, 2.45) is 0 Å². The van der Waals surface area contributed by atoms with E-state index < -0.39 is 0 Å². The Kier molecular flexibility index (Phi) is 4.84. The van der Waals surface area contributed by atoms with Gasteiger partial charge in [0, 0.05) is 24.3 Å². The second kappa shape index (κ2) is 7.43. The van der Waals surface area contributed by atoms with Gasteiger partial charge in [-0.25, -0.2) is 4.98 Å². The molecule has 0 saturated carbocycles. The van der Waals surface area contributed by atoms with E-state index in [1.807, 2.05) is 22.8 Å². The van der Waals surface area contributed by atoms with Crippen molar-refractivity contribution < 1.29 is 4.74 Å². The number of methoxy groups -OCH3 is 1. The second-order valence-corrected chi connectivity index (χ2v) is 7.11. The van der Waals surface area contributed by atoms with Crippen molar-refractivity contribution in [1.29, 1.82) is 0 Å². The first kappa shape index (κ1) is 17.6. The summed E-state index contributed by atoms with van der Waals surface area (Å²) in [4.78, 5) is 20.1. The summed E-state index contributed by atoms with van der Waals surface area (Å²) in [6.07, 6.45) is 4.65. The van der Waals surface area contributed by atoms with Gasteiger partial charge in [-0.2, -0.15) is 0 Å². The van der Waals surface area contributed by atoms with Crippen molar-refractivity contribution in [1.82, 2.24) is 9.55 Å². The van der Waals surface area contributed by atoms with E-state index in [1.165, 1.54) is 5.69 Å². The molecule has 27 heavy (non-hydrogen) atoms. The average molecular weight is 363 g/mol. The number of hydrogen-bond donors (Lipinski definition) is 0. The Balaban J connectivity index is 1.65. The standard InChI is InChI=1S/C22H25N3O2/c1-3-16-13-18(11-12-24(16)17-7-5-4-6-8-17)25-15-23-21-10-9-19(27-2)14-20(21)22(25)26/h4-10,14-16,18H,3,11-13H2,1-2H3. The third kappa shape index (κ3) is 3.29. The number of aromatic nitrogens is 2. The number of fused-ring (bicyclic) bond motifs is 1. The second-order valence-electron chi connectivity index (χ2n) is 7.11. The summed E-state index contributed by atoms with van der Waals surface area (Å²) < 4.78 is 7.10. The zero-order valence-corrected chi connectivity index (χ0v) is 15.8. The molecule has 3 aromatic rings. The first-order valence-corrected chi connectivity index (χ1v) is 9.58. The molecule has 1 aliphatic heterocycles. The molecule has 5 nitrogen and oxygen atoms in total. The molecule has 0 aliphatic carbocycles. The fourth-order valence-corrected chi connectivity index (χ4v) is 4.13. The van der Waals surface area contributed by atoms with Crippen LogP contribution < -0.4 is 15.2 Å². The van der Waals surface area contributed by atoms with Crippen LogP contribution in [0.25, 0.3) is 10.9 Å². The van der Waals surface area contributed by atoms with Crippen LogP contribution in [0.2, 0.25) is 0 Å². The van der Waals surface area contributed by atoms with E-state index in [9.17, 15) is 4.79 Å². The van der Waals surface area contributed by atoms with E-state index in [-0.39, 0.29) is 11.6 Å². The molecule has 1 fully saturated rings. The van der Waals surface area contributed by atoms with Gasteiger partial charge in [-0.05, 0) is 49.6 Å². The van der Waals surface area contributed by atoms with Crippen LogP contribution in [-0.4, -0.2) is 29.2 Å². The fourth-order valence-electron chi connectivity index (χ4n) is 4.13. The van der Waals surface area contributed by atoms with Gasteiger partial charge in [0.05, 0.1) is 24.3 Å². The third-order valence-electron chi connectivity index (χ3n) is 5.63. The van der Waals surface area contributed by atoms with Crippen LogP contribution in [0.3, 0.4) is 0 Å². The Morgan fingerprint density at radius 1 is 1.19 bits per heavy atom. The Morgan fingerprint density at radius 2 is 2.00 bits per heavy atom. The summed E-state index contributed by atoms with van der Waals surface area (Å²) in [5.74, 6) is 0.685. The largest absolute Gasteiger partial charge is 0.497 e. The maximum atomic E-state index is 13.1. The predicted molar refractivity (Wildman–Crippen MR) is 109 cm³/mol. The van der Waals surface area contributed by atoms with Crippen molar-refractivity contribution >= 4 is 16.6 Å². The minimum absolute atomic E-state index is 0.0203. The Labute approximate surface area is 159 Å². The minimum atomic E-state index is 0.0203. The number of piperidine rings is 1. The van der Waals surface area contributed by atoms with Crippen LogP contribution in [0.1, 0.15) is 32.2 Å². The van der Waals surface area contributed by atoms with Crippen molar-refractivity contribution in [3.05, 3.63) is 65.2 Å². The topological polar surface area (TPSA) is 47.4 Å². The Bertz CT molecular complexity index is 984. The van der Waals surface area contributed by atoms with Gasteiger partial charge in [0.25, 0.3) is 5.56 Å². The van der Waals surface area contributed by atoms with E-state index in [4.69, 9.17) is 4.74 Å². The predicted octanol–water partition coefficient (Wildman–Crippen LogP) is 4.03. The summed E-state index contributed by atoms with van der Waals surface area (Å²) in [5.41, 5.74) is 1.99. The van der Waals surface area contributed by atoms with Crippen molar-refractivity contribution in [2.45, 2.75) is 38.3 Å². The Morgan fingerprint density at radius 3 is 2.74 bits per heavy atom. The number of nitrogens with zero attached hydrogens (tertiary/aromatic N) is 3. The molecule has 2 atom stereocenters. The number of benzene rings is 2. The van der Waals surface area contributed by atoms with Gasteiger partial charge in [-0.1, -0.05) is 25.1 Å². The zero-order chi connectivity index (χ0) is 18.8. The molecule has 2 aromatic carbocycles. The van der Waals surface area contributed by atoms with Crippen LogP contribution >= 0.6 is 0 Å². The highest BCUT2D eigenvalue weighted by Crippen LogP contribution is 2.32. The van der Waals surface area contributed by atoms with E-state index >= 15 is 0 Å². The highest BCUT2D eigenvalue weighted by atomic mass is 16.5. The van der Waals surface area contributed by atoms with E-state index in [2.05, 4.69) is 41.1 Å². The minimum Gasteiger partial charge on any atom is -0.497 e.